The van der Waals surface area contributed by atoms with E-state index in [0.717, 1.165) is 41.7 Å². The summed E-state index contributed by atoms with van der Waals surface area (Å²) in [6, 6.07) is 6.10. The topological polar surface area (TPSA) is 64.1 Å². The Bertz CT molecular complexity index is 505. The van der Waals surface area contributed by atoms with Crippen LogP contribution in [0.5, 0.6) is 0 Å². The molecule has 0 bridgehead atoms. The van der Waals surface area contributed by atoms with E-state index in [9.17, 15) is 0 Å². The molecule has 17 heavy (non-hydrogen) atoms. The maximum absolute atomic E-state index is 8.79. The van der Waals surface area contributed by atoms with Gasteiger partial charge in [0.05, 0.1) is 11.0 Å². The van der Waals surface area contributed by atoms with Gasteiger partial charge in [-0.2, -0.15) is 0 Å². The van der Waals surface area contributed by atoms with Crippen LogP contribution in [0.25, 0.3) is 11.0 Å². The standard InChI is InChI=1S/C13H19N3O/c1-16-11-6-4-5-10(9-14)13(11)15-12(16)7-2-3-8-17/h4-6,17H,2-3,7-9,14H2,1H3. The Labute approximate surface area is 101 Å². The molecule has 1 aromatic heterocycles. The molecular formula is C13H19N3O. The minimum absolute atomic E-state index is 0.248. The van der Waals surface area contributed by atoms with Crippen LogP contribution < -0.4 is 5.73 Å². The Morgan fingerprint density at radius 3 is 2.88 bits per heavy atom. The van der Waals surface area contributed by atoms with E-state index in [1.54, 1.807) is 0 Å². The highest BCUT2D eigenvalue weighted by Gasteiger charge is 2.09. The number of unbranched alkanes of at least 4 members (excludes halogenated alkanes) is 1. The number of rotatable bonds is 5. The van der Waals surface area contributed by atoms with Crippen molar-refractivity contribution in [1.82, 2.24) is 9.55 Å². The van der Waals surface area contributed by atoms with Crippen LogP contribution >= 0.6 is 0 Å². The number of hydrogen-bond acceptors (Lipinski definition) is 3. The monoisotopic (exact) mass is 233 g/mol. The molecule has 0 saturated carbocycles. The van der Waals surface area contributed by atoms with Crippen LogP contribution in [0.1, 0.15) is 24.2 Å². The molecule has 4 heteroatoms. The van der Waals surface area contributed by atoms with Gasteiger partial charge in [-0.3, -0.25) is 0 Å². The zero-order valence-corrected chi connectivity index (χ0v) is 10.2. The third kappa shape index (κ3) is 2.33. The second-order valence-electron chi connectivity index (χ2n) is 4.26. The van der Waals surface area contributed by atoms with Crippen LogP contribution in [0.15, 0.2) is 18.2 Å². The van der Waals surface area contributed by atoms with E-state index in [1.165, 1.54) is 0 Å². The molecule has 0 aliphatic heterocycles. The van der Waals surface area contributed by atoms with Crippen molar-refractivity contribution < 1.29 is 5.11 Å². The Balaban J connectivity index is 2.35. The van der Waals surface area contributed by atoms with Gasteiger partial charge < -0.3 is 15.4 Å². The highest BCUT2D eigenvalue weighted by molar-refractivity contribution is 5.79. The molecule has 0 amide bonds. The van der Waals surface area contributed by atoms with Crippen LogP contribution in [-0.2, 0) is 20.0 Å². The summed E-state index contributed by atoms with van der Waals surface area (Å²) in [5.41, 5.74) is 8.95. The van der Waals surface area contributed by atoms with Gasteiger partial charge >= 0.3 is 0 Å². The van der Waals surface area contributed by atoms with Crippen LogP contribution in [0.2, 0.25) is 0 Å². The maximum Gasteiger partial charge on any atom is 0.109 e. The van der Waals surface area contributed by atoms with E-state index in [1.807, 2.05) is 19.2 Å². The average molecular weight is 233 g/mol. The van der Waals surface area contributed by atoms with Crippen LogP contribution in [0.3, 0.4) is 0 Å². The smallest absolute Gasteiger partial charge is 0.109 e. The minimum atomic E-state index is 0.248. The van der Waals surface area contributed by atoms with Crippen molar-refractivity contribution in [1.29, 1.82) is 0 Å². The van der Waals surface area contributed by atoms with Gasteiger partial charge in [0.15, 0.2) is 0 Å². The molecule has 0 aliphatic rings. The van der Waals surface area contributed by atoms with Gasteiger partial charge in [0, 0.05) is 26.6 Å². The molecule has 0 unspecified atom stereocenters. The minimum Gasteiger partial charge on any atom is -0.396 e. The molecule has 2 aromatic rings. The molecule has 1 heterocycles. The number of aryl methyl sites for hydroxylation is 2. The lowest BCUT2D eigenvalue weighted by Crippen LogP contribution is -1.98. The van der Waals surface area contributed by atoms with Crippen molar-refractivity contribution >= 4 is 11.0 Å². The molecule has 0 fully saturated rings. The number of hydrogen-bond donors (Lipinski definition) is 2. The van der Waals surface area contributed by atoms with Gasteiger partial charge in [0.2, 0.25) is 0 Å². The van der Waals surface area contributed by atoms with Gasteiger partial charge in [-0.1, -0.05) is 12.1 Å². The van der Waals surface area contributed by atoms with Gasteiger partial charge in [0.1, 0.15) is 5.82 Å². The Hall–Kier alpha value is -1.39. The largest absolute Gasteiger partial charge is 0.396 e. The molecule has 0 radical (unpaired) electrons. The van der Waals surface area contributed by atoms with E-state index >= 15 is 0 Å². The third-order valence-electron chi connectivity index (χ3n) is 3.12. The van der Waals surface area contributed by atoms with Crippen molar-refractivity contribution in [3.63, 3.8) is 0 Å². The van der Waals surface area contributed by atoms with E-state index in [4.69, 9.17) is 10.8 Å². The molecule has 4 nitrogen and oxygen atoms in total. The average Bonchev–Trinajstić information content (AvgIpc) is 2.67. The van der Waals surface area contributed by atoms with Crippen LogP contribution in [0.4, 0.5) is 0 Å². The summed E-state index contributed by atoms with van der Waals surface area (Å²) in [7, 11) is 2.03. The fourth-order valence-electron chi connectivity index (χ4n) is 2.10. The predicted molar refractivity (Wildman–Crippen MR) is 68.6 cm³/mol. The number of benzene rings is 1. The van der Waals surface area contributed by atoms with Gasteiger partial charge in [-0.15, -0.1) is 0 Å². The SMILES string of the molecule is Cn1c(CCCCO)nc2c(CN)cccc21. The number of nitrogens with two attached hydrogens (primary N) is 1. The van der Waals surface area contributed by atoms with Crippen molar-refractivity contribution in [2.24, 2.45) is 12.8 Å². The van der Waals surface area contributed by atoms with E-state index in [-0.39, 0.29) is 6.61 Å². The number of aliphatic hydroxyl groups is 1. The first-order valence-electron chi connectivity index (χ1n) is 6.02. The van der Waals surface area contributed by atoms with Crippen LogP contribution in [0, 0.1) is 0 Å². The quantitative estimate of drug-likeness (QED) is 0.766. The molecule has 2 rings (SSSR count). The fraction of sp³-hybridized carbons (Fsp3) is 0.462. The van der Waals surface area contributed by atoms with Gasteiger partial charge in [-0.25, -0.2) is 4.98 Å². The van der Waals surface area contributed by atoms with Gasteiger partial charge in [0.25, 0.3) is 0 Å². The molecule has 1 aromatic carbocycles. The third-order valence-corrected chi connectivity index (χ3v) is 3.12. The zero-order chi connectivity index (χ0) is 12.3. The summed E-state index contributed by atoms with van der Waals surface area (Å²) in [6.07, 6.45) is 2.69. The number of imidazole rings is 1. The van der Waals surface area contributed by atoms with E-state index < -0.39 is 0 Å². The first kappa shape index (κ1) is 12.1. The van der Waals surface area contributed by atoms with Crippen molar-refractivity contribution in [3.8, 4) is 0 Å². The second-order valence-corrected chi connectivity index (χ2v) is 4.26. The summed E-state index contributed by atoms with van der Waals surface area (Å²) in [6.45, 7) is 0.766. The molecular weight excluding hydrogens is 214 g/mol. The van der Waals surface area contributed by atoms with Crippen molar-refractivity contribution in [2.75, 3.05) is 6.61 Å². The Morgan fingerprint density at radius 2 is 2.18 bits per heavy atom. The first-order valence-corrected chi connectivity index (χ1v) is 6.02. The maximum atomic E-state index is 8.79. The molecule has 92 valence electrons. The highest BCUT2D eigenvalue weighted by atomic mass is 16.2. The second kappa shape index (κ2) is 5.29. The Kier molecular flexibility index (Phi) is 3.76. The lowest BCUT2D eigenvalue weighted by atomic mass is 10.2. The Morgan fingerprint density at radius 1 is 1.35 bits per heavy atom. The number of nitrogens with zero attached hydrogens (tertiary/aromatic N) is 2. The predicted octanol–water partition coefficient (Wildman–Crippen LogP) is 1.35. The number of aromatic nitrogens is 2. The molecule has 0 spiro atoms. The number of aliphatic hydroxyl groups excluding tert-OH is 1. The summed E-state index contributed by atoms with van der Waals surface area (Å²) in [5, 5.41) is 8.79. The fourth-order valence-corrected chi connectivity index (χ4v) is 2.10. The number of fused-ring (bicyclic) bond motifs is 1. The zero-order valence-electron chi connectivity index (χ0n) is 10.2. The summed E-state index contributed by atoms with van der Waals surface area (Å²) in [5.74, 6) is 1.06. The summed E-state index contributed by atoms with van der Waals surface area (Å²) >= 11 is 0. The normalized spacial score (nSPS) is 11.2. The first-order chi connectivity index (χ1) is 8.27. The van der Waals surface area contributed by atoms with Crippen LogP contribution in [-0.4, -0.2) is 21.3 Å². The van der Waals surface area contributed by atoms with E-state index in [2.05, 4.69) is 15.6 Å². The lowest BCUT2D eigenvalue weighted by Gasteiger charge is -2.01. The highest BCUT2D eigenvalue weighted by Crippen LogP contribution is 2.19. The number of para-hydroxylation sites is 1. The van der Waals surface area contributed by atoms with Crippen molar-refractivity contribution in [3.05, 3.63) is 29.6 Å². The molecule has 0 saturated heterocycles. The van der Waals surface area contributed by atoms with Crippen molar-refractivity contribution in [2.45, 2.75) is 25.8 Å². The van der Waals surface area contributed by atoms with E-state index in [0.29, 0.717) is 6.54 Å². The molecule has 0 aliphatic carbocycles. The summed E-state index contributed by atoms with van der Waals surface area (Å²) in [4.78, 5) is 4.66. The molecule has 0 atom stereocenters. The van der Waals surface area contributed by atoms with Gasteiger partial charge in [-0.05, 0) is 24.5 Å². The molecule has 3 N–H and O–H groups in total. The summed E-state index contributed by atoms with van der Waals surface area (Å²) < 4.78 is 2.12. The lowest BCUT2D eigenvalue weighted by molar-refractivity contribution is 0.284.